The number of nitro benzene ring substituents is 1. The number of nitrogens with zero attached hydrogens (tertiary/aromatic N) is 1. The molecular weight excluding hydrogens is 720 g/mol. The first kappa shape index (κ1) is 48.3. The van der Waals surface area contributed by atoms with Gasteiger partial charge in [0, 0.05) is 0 Å². The largest absolute Gasteiger partial charge is 0.407 e. The third-order valence-electron chi connectivity index (χ3n) is 12.1. The summed E-state index contributed by atoms with van der Waals surface area (Å²) in [5.41, 5.74) is 1.41. The summed E-state index contributed by atoms with van der Waals surface area (Å²) in [6, 6.07) is 4.22. The fraction of sp³-hybridized carbons (Fsp3) is 0.805. The van der Waals surface area contributed by atoms with Crippen molar-refractivity contribution in [3.8, 4) is 0 Å². The van der Waals surface area contributed by atoms with E-state index in [1.807, 2.05) is 7.85 Å². The summed E-state index contributed by atoms with van der Waals surface area (Å²) in [5, 5.41) is 22.3. The predicted molar refractivity (Wildman–Crippen MR) is 229 cm³/mol. The van der Waals surface area contributed by atoms with Crippen molar-refractivity contribution in [3.05, 3.63) is 39.4 Å². The van der Waals surface area contributed by atoms with E-state index >= 15 is 0 Å². The van der Waals surface area contributed by atoms with Gasteiger partial charge >= 0.3 is 201 Å². The molecule has 1 heterocycles. The molecule has 0 amide bonds. The zero-order chi connectivity index (χ0) is 40.6. The number of carbonyl (C=O) groups is 2. The standard InChI is InChI=1S/C41H75BNO9PSi/c1-11-14-22-53(23-15-12-2,24-16-13-3)25-18-17-19-36(45)33-20-21-34(35(26-33)43(47)48)32(10)28-49-41(46)51-38-37(27-44)50-40(42)39(38)52-54(29(4)5,30(6)7)31(8)9/h20-21,26,29-32,37-40,44,53H,11-19,22-25,27-28,42H2,1-10H3/t32?,37-,38+,39?,40-/m1/s1. The summed E-state index contributed by atoms with van der Waals surface area (Å²) in [6.45, 7) is 21.1. The van der Waals surface area contributed by atoms with Crippen LogP contribution in [0.5, 0.6) is 0 Å². The van der Waals surface area contributed by atoms with Crippen molar-refractivity contribution in [2.75, 3.05) is 37.9 Å². The number of aliphatic hydroxyl groups is 1. The van der Waals surface area contributed by atoms with Gasteiger partial charge in [-0.05, 0) is 16.6 Å². The molecular formula is C41H75BNO9PSi. The molecule has 1 aliphatic heterocycles. The Bertz CT molecular complexity index is 1270. The van der Waals surface area contributed by atoms with E-state index in [0.29, 0.717) is 17.5 Å². The van der Waals surface area contributed by atoms with Crippen molar-refractivity contribution in [2.45, 2.75) is 174 Å². The molecule has 1 aromatic carbocycles. The summed E-state index contributed by atoms with van der Waals surface area (Å²) in [5.74, 6) is -0.625. The second kappa shape index (κ2) is 23.4. The Kier molecular flexibility index (Phi) is 20.9. The van der Waals surface area contributed by atoms with Crippen LogP contribution in [0, 0.1) is 10.1 Å². The second-order valence-corrected chi connectivity index (χ2v) is 27.4. The summed E-state index contributed by atoms with van der Waals surface area (Å²) in [4.78, 5) is 38.1. The topological polar surface area (TPSA) is 134 Å². The van der Waals surface area contributed by atoms with Crippen LogP contribution in [-0.2, 0) is 18.6 Å². The molecule has 5 atom stereocenters. The molecule has 54 heavy (non-hydrogen) atoms. The third-order valence-corrected chi connectivity index (χ3v) is 23.8. The molecule has 2 unspecified atom stereocenters. The van der Waals surface area contributed by atoms with Gasteiger partial charge in [0.2, 0.25) is 8.32 Å². The normalized spacial score (nSPS) is 20.1. The zero-order valence-corrected chi connectivity index (χ0v) is 37.6. The maximum Gasteiger partial charge on any atom is 0.201 e. The van der Waals surface area contributed by atoms with Gasteiger partial charge in [0.25, 0.3) is 0 Å². The monoisotopic (exact) mass is 796 g/mol. The average Bonchev–Trinajstić information content (AvgIpc) is 3.43. The molecule has 1 saturated heterocycles. The number of rotatable bonds is 26. The van der Waals surface area contributed by atoms with Crippen molar-refractivity contribution in [1.29, 1.82) is 0 Å². The molecule has 0 saturated carbocycles. The zero-order valence-electron chi connectivity index (χ0n) is 35.6. The number of nitro groups is 1. The van der Waals surface area contributed by atoms with E-state index in [1.54, 1.807) is 19.1 Å². The number of carbonyl (C=O) groups excluding carboxylic acids is 2. The van der Waals surface area contributed by atoms with Crippen molar-refractivity contribution in [3.63, 3.8) is 0 Å². The van der Waals surface area contributed by atoms with Gasteiger partial charge in [-0.3, -0.25) is 0 Å². The molecule has 1 N–H and O–H groups in total. The van der Waals surface area contributed by atoms with Crippen LogP contribution in [0.25, 0.3) is 0 Å². The number of benzene rings is 1. The number of hydrogen-bond acceptors (Lipinski definition) is 9. The van der Waals surface area contributed by atoms with Gasteiger partial charge in [0.15, 0.2) is 6.10 Å². The van der Waals surface area contributed by atoms with Crippen LogP contribution in [0.4, 0.5) is 10.5 Å². The van der Waals surface area contributed by atoms with Crippen LogP contribution in [-0.4, -0.2) is 100 Å². The third kappa shape index (κ3) is 13.1. The molecule has 1 fully saturated rings. The van der Waals surface area contributed by atoms with E-state index in [4.69, 9.17) is 18.6 Å². The van der Waals surface area contributed by atoms with E-state index in [9.17, 15) is 24.8 Å². The Labute approximate surface area is 329 Å². The van der Waals surface area contributed by atoms with E-state index in [2.05, 4.69) is 62.3 Å². The van der Waals surface area contributed by atoms with Gasteiger partial charge in [-0.15, -0.1) is 0 Å². The number of Topliss-reactive ketones (excluding diaryl/α,β-unsaturated/α-hetero) is 1. The summed E-state index contributed by atoms with van der Waals surface area (Å²) < 4.78 is 24.3. The van der Waals surface area contributed by atoms with Crippen LogP contribution in [0.15, 0.2) is 18.2 Å². The molecule has 0 aromatic heterocycles. The smallest absolute Gasteiger partial charge is 0.201 e. The van der Waals surface area contributed by atoms with E-state index in [0.717, 1.165) is 12.8 Å². The van der Waals surface area contributed by atoms with Gasteiger partial charge in [0.05, 0.1) is 12.6 Å². The minimum Gasteiger partial charge on any atom is -0.407 e. The second-order valence-electron chi connectivity index (χ2n) is 17.0. The number of aliphatic hydroxyl groups excluding tert-OH is 1. The van der Waals surface area contributed by atoms with Gasteiger partial charge in [-0.1, -0.05) is 41.5 Å². The maximum atomic E-state index is 13.3. The summed E-state index contributed by atoms with van der Waals surface area (Å²) in [7, 11) is -1.91. The first-order valence-corrected chi connectivity index (χ1v) is 26.1. The minimum absolute atomic E-state index is 0.0808. The van der Waals surface area contributed by atoms with Crippen LogP contribution in [0.2, 0.25) is 16.6 Å². The van der Waals surface area contributed by atoms with Crippen LogP contribution in [0.3, 0.4) is 0 Å². The first-order valence-electron chi connectivity index (χ1n) is 21.1. The summed E-state index contributed by atoms with van der Waals surface area (Å²) in [6.07, 6.45) is 12.0. The Hall–Kier alpha value is -1.85. The fourth-order valence-corrected chi connectivity index (χ4v) is 20.5. The van der Waals surface area contributed by atoms with Gasteiger partial charge < -0.3 is 19.0 Å². The van der Waals surface area contributed by atoms with Crippen LogP contribution >= 0.6 is 7.26 Å². The van der Waals surface area contributed by atoms with Crippen molar-refractivity contribution < 1.29 is 38.3 Å². The first-order chi connectivity index (χ1) is 25.5. The van der Waals surface area contributed by atoms with Crippen molar-refractivity contribution in [1.82, 2.24) is 0 Å². The number of hydrogen-bond donors (Lipinski definition) is 1. The van der Waals surface area contributed by atoms with Gasteiger partial charge in [-0.25, -0.2) is 4.79 Å². The van der Waals surface area contributed by atoms with Gasteiger partial charge in [0.1, 0.15) is 20.1 Å². The van der Waals surface area contributed by atoms with E-state index in [-0.39, 0.29) is 41.3 Å². The molecule has 0 aliphatic carbocycles. The Morgan fingerprint density at radius 1 is 0.889 bits per heavy atom. The van der Waals surface area contributed by atoms with Crippen molar-refractivity contribution in [2.24, 2.45) is 0 Å². The maximum absolute atomic E-state index is 13.3. The number of unbranched alkanes of at least 4 members (excludes halogenated alkanes) is 4. The molecule has 0 spiro atoms. The SMILES string of the molecule is B[C@@H]1O[C@H](CO)[C@H](OC(=O)OCC(C)c2ccc(C(=O)CCCC[PH](CCCC)(CCCC)CCCC)cc2[N+](=O)[O-])C1O[Si](C(C)C)(C(C)C)C(C)C. The predicted octanol–water partition coefficient (Wildman–Crippen LogP) is 9.63. The van der Waals surface area contributed by atoms with Crippen LogP contribution in [0.1, 0.15) is 149 Å². The molecule has 0 radical (unpaired) electrons. The summed E-state index contributed by atoms with van der Waals surface area (Å²) >= 11 is 0. The molecule has 1 aromatic rings. The Balaban J connectivity index is 2.10. The molecule has 2 rings (SSSR count). The molecule has 0 bridgehead atoms. The van der Waals surface area contributed by atoms with E-state index < -0.39 is 56.9 Å². The molecule has 10 nitrogen and oxygen atoms in total. The minimum atomic E-state index is -2.39. The Morgan fingerprint density at radius 2 is 1.43 bits per heavy atom. The molecule has 1 aliphatic rings. The molecule has 13 heteroatoms. The van der Waals surface area contributed by atoms with Crippen molar-refractivity contribution >= 4 is 41.1 Å². The fourth-order valence-electron chi connectivity index (χ4n) is 9.06. The number of ketones is 1. The molecule has 310 valence electrons. The number of ether oxygens (including phenoxy) is 3. The average molecular weight is 796 g/mol. The van der Waals surface area contributed by atoms with E-state index in [1.165, 1.54) is 69.2 Å². The quantitative estimate of drug-likeness (QED) is 0.0185. The van der Waals surface area contributed by atoms with Gasteiger partial charge in [-0.2, -0.15) is 0 Å². The van der Waals surface area contributed by atoms with Crippen LogP contribution < -0.4 is 0 Å². The Morgan fingerprint density at radius 3 is 1.91 bits per heavy atom.